The zero-order chi connectivity index (χ0) is 16.1. The number of aromatic nitrogens is 1. The molecule has 3 aromatic rings. The summed E-state index contributed by atoms with van der Waals surface area (Å²) in [7, 11) is 4.30. The summed E-state index contributed by atoms with van der Waals surface area (Å²) in [5, 5.41) is 2.56. The van der Waals surface area contributed by atoms with Gasteiger partial charge in [-0.05, 0) is 43.2 Å². The van der Waals surface area contributed by atoms with E-state index >= 15 is 0 Å². The van der Waals surface area contributed by atoms with Crippen LogP contribution >= 0.6 is 23.1 Å². The van der Waals surface area contributed by atoms with E-state index in [2.05, 4.69) is 79.9 Å². The number of aryl methyl sites for hydroxylation is 3. The Morgan fingerprint density at radius 2 is 1.78 bits per heavy atom. The van der Waals surface area contributed by atoms with E-state index in [1.807, 2.05) is 23.1 Å². The van der Waals surface area contributed by atoms with Gasteiger partial charge in [0.05, 0.1) is 16.8 Å². The Morgan fingerprint density at radius 3 is 2.61 bits per heavy atom. The second-order valence-corrected chi connectivity index (χ2v) is 8.21. The first kappa shape index (κ1) is 14.8. The van der Waals surface area contributed by atoms with Gasteiger partial charge in [0.1, 0.15) is 11.7 Å². The van der Waals surface area contributed by atoms with Gasteiger partial charge in [0.15, 0.2) is 0 Å². The molecule has 0 unspecified atom stereocenters. The van der Waals surface area contributed by atoms with E-state index in [1.165, 1.54) is 42.0 Å². The van der Waals surface area contributed by atoms with Gasteiger partial charge in [0, 0.05) is 18.0 Å². The van der Waals surface area contributed by atoms with Crippen molar-refractivity contribution in [2.24, 2.45) is 7.05 Å². The minimum Gasteiger partial charge on any atom is -0.338 e. The maximum absolute atomic E-state index is 2.31. The second-order valence-electron chi connectivity index (χ2n) is 6.09. The monoisotopic (exact) mass is 339 g/mol. The molecule has 0 radical (unpaired) electrons. The van der Waals surface area contributed by atoms with E-state index in [0.717, 1.165) is 0 Å². The number of rotatable bonds is 1. The number of hydrogen-bond acceptors (Lipinski definition) is 3. The van der Waals surface area contributed by atoms with Crippen LogP contribution in [0, 0.1) is 13.8 Å². The van der Waals surface area contributed by atoms with Crippen LogP contribution in [0.5, 0.6) is 0 Å². The standard InChI is InChI=1S/C19H19N2S2/c1-12-5-7-14-16(9-12)22-18(20(14)3)11-19-21(4)15-8-6-13(2)10-17(15)23-19/h5-11H,1-4H3/q+1. The summed E-state index contributed by atoms with van der Waals surface area (Å²) >= 11 is 3.71. The summed E-state index contributed by atoms with van der Waals surface area (Å²) in [6.07, 6.45) is 2.31. The molecule has 1 aromatic heterocycles. The van der Waals surface area contributed by atoms with Crippen molar-refractivity contribution in [3.8, 4) is 0 Å². The maximum Gasteiger partial charge on any atom is 0.265 e. The smallest absolute Gasteiger partial charge is 0.265 e. The lowest BCUT2D eigenvalue weighted by Gasteiger charge is -2.12. The summed E-state index contributed by atoms with van der Waals surface area (Å²) in [5.74, 6) is 0. The Hall–Kier alpha value is -1.78. The van der Waals surface area contributed by atoms with Gasteiger partial charge in [-0.15, -0.1) is 0 Å². The predicted molar refractivity (Wildman–Crippen MR) is 101 cm³/mol. The molecule has 1 aliphatic rings. The number of thioether (sulfide) groups is 1. The first-order valence-corrected chi connectivity index (χ1v) is 9.29. The minimum absolute atomic E-state index is 1.28. The molecule has 1 aliphatic heterocycles. The van der Waals surface area contributed by atoms with Crippen LogP contribution in [0.15, 0.2) is 46.3 Å². The Bertz CT molecular complexity index is 953. The van der Waals surface area contributed by atoms with Crippen molar-refractivity contribution in [3.63, 3.8) is 0 Å². The third kappa shape index (κ3) is 2.46. The molecule has 0 bridgehead atoms. The van der Waals surface area contributed by atoms with Crippen molar-refractivity contribution < 1.29 is 4.57 Å². The zero-order valence-electron chi connectivity index (χ0n) is 13.8. The summed E-state index contributed by atoms with van der Waals surface area (Å²) < 4.78 is 3.63. The zero-order valence-corrected chi connectivity index (χ0v) is 15.4. The van der Waals surface area contributed by atoms with Crippen LogP contribution in [-0.4, -0.2) is 7.05 Å². The molecule has 2 nitrogen and oxygen atoms in total. The minimum atomic E-state index is 1.28. The van der Waals surface area contributed by atoms with Gasteiger partial charge in [-0.3, -0.25) is 0 Å². The van der Waals surface area contributed by atoms with E-state index < -0.39 is 0 Å². The molecule has 0 N–H and O–H groups in total. The largest absolute Gasteiger partial charge is 0.338 e. The number of anilines is 1. The van der Waals surface area contributed by atoms with Crippen LogP contribution in [0.1, 0.15) is 16.1 Å². The van der Waals surface area contributed by atoms with E-state index in [-0.39, 0.29) is 0 Å². The predicted octanol–water partition coefficient (Wildman–Crippen LogP) is 4.88. The number of thiazole rings is 1. The van der Waals surface area contributed by atoms with Crippen LogP contribution in [0.4, 0.5) is 5.69 Å². The molecule has 116 valence electrons. The average molecular weight is 340 g/mol. The molecule has 2 heterocycles. The van der Waals surface area contributed by atoms with Crippen molar-refractivity contribution in [2.75, 3.05) is 11.9 Å². The Labute approximate surface area is 145 Å². The Kier molecular flexibility index (Phi) is 3.47. The summed E-state index contributed by atoms with van der Waals surface area (Å²) in [6, 6.07) is 13.3. The molecule has 0 saturated carbocycles. The molecular formula is C19H19N2S2+. The highest BCUT2D eigenvalue weighted by molar-refractivity contribution is 8.03. The summed E-state index contributed by atoms with van der Waals surface area (Å²) in [5.41, 5.74) is 5.22. The van der Waals surface area contributed by atoms with Crippen molar-refractivity contribution in [2.45, 2.75) is 18.7 Å². The second kappa shape index (κ2) is 5.39. The highest BCUT2D eigenvalue weighted by atomic mass is 32.2. The quantitative estimate of drug-likeness (QED) is 0.583. The molecule has 0 aliphatic carbocycles. The molecule has 2 aromatic carbocycles. The van der Waals surface area contributed by atoms with Gasteiger partial charge >= 0.3 is 0 Å². The highest BCUT2D eigenvalue weighted by Gasteiger charge is 2.24. The number of hydrogen-bond donors (Lipinski definition) is 0. The Balaban J connectivity index is 1.78. The van der Waals surface area contributed by atoms with E-state index in [9.17, 15) is 0 Å². The fraction of sp³-hybridized carbons (Fsp3) is 0.211. The number of benzene rings is 2. The molecule has 4 rings (SSSR count). The number of fused-ring (bicyclic) bond motifs is 2. The lowest BCUT2D eigenvalue weighted by Crippen LogP contribution is -2.29. The lowest BCUT2D eigenvalue weighted by atomic mass is 10.2. The average Bonchev–Trinajstić information content (AvgIpc) is 2.97. The molecule has 23 heavy (non-hydrogen) atoms. The van der Waals surface area contributed by atoms with Gasteiger partial charge in [-0.1, -0.05) is 35.2 Å². The molecule has 0 saturated heterocycles. The van der Waals surface area contributed by atoms with Crippen molar-refractivity contribution in [1.82, 2.24) is 0 Å². The van der Waals surface area contributed by atoms with Crippen LogP contribution in [-0.2, 0) is 7.05 Å². The molecule has 4 heteroatoms. The van der Waals surface area contributed by atoms with Gasteiger partial charge in [0.2, 0.25) is 5.52 Å². The first-order chi connectivity index (χ1) is 11.0. The topological polar surface area (TPSA) is 7.12 Å². The van der Waals surface area contributed by atoms with Gasteiger partial charge in [-0.2, -0.15) is 4.57 Å². The van der Waals surface area contributed by atoms with Crippen LogP contribution in [0.25, 0.3) is 16.3 Å². The SMILES string of the molecule is Cc1ccc2c(c1)S/C(=C\c1sc3cc(C)ccc3[n+]1C)N2C. The molecular weight excluding hydrogens is 320 g/mol. The van der Waals surface area contributed by atoms with E-state index in [1.54, 1.807) is 0 Å². The van der Waals surface area contributed by atoms with E-state index in [0.29, 0.717) is 0 Å². The maximum atomic E-state index is 2.31. The lowest BCUT2D eigenvalue weighted by molar-refractivity contribution is -0.642. The first-order valence-electron chi connectivity index (χ1n) is 7.66. The van der Waals surface area contributed by atoms with Crippen molar-refractivity contribution in [1.29, 1.82) is 0 Å². The molecule has 0 amide bonds. The molecule has 0 spiro atoms. The van der Waals surface area contributed by atoms with Gasteiger partial charge in [-0.25, -0.2) is 0 Å². The summed E-state index contributed by atoms with van der Waals surface area (Å²) in [4.78, 5) is 3.63. The highest BCUT2D eigenvalue weighted by Crippen LogP contribution is 2.46. The van der Waals surface area contributed by atoms with Crippen LogP contribution in [0.3, 0.4) is 0 Å². The fourth-order valence-electron chi connectivity index (χ4n) is 2.92. The third-order valence-corrected chi connectivity index (χ3v) is 6.59. The number of nitrogens with zero attached hydrogens (tertiary/aromatic N) is 2. The van der Waals surface area contributed by atoms with Gasteiger partial charge in [0.25, 0.3) is 5.01 Å². The normalized spacial score (nSPS) is 15.7. The summed E-state index contributed by atoms with van der Waals surface area (Å²) in [6.45, 7) is 4.30. The molecule has 0 atom stereocenters. The van der Waals surface area contributed by atoms with Crippen molar-refractivity contribution >= 4 is 45.1 Å². The van der Waals surface area contributed by atoms with Crippen LogP contribution in [0.2, 0.25) is 0 Å². The third-order valence-electron chi connectivity index (χ3n) is 4.29. The Morgan fingerprint density at radius 1 is 1.04 bits per heavy atom. The van der Waals surface area contributed by atoms with E-state index in [4.69, 9.17) is 0 Å². The molecule has 0 fully saturated rings. The van der Waals surface area contributed by atoms with Crippen molar-refractivity contribution in [3.05, 3.63) is 57.6 Å². The van der Waals surface area contributed by atoms with Gasteiger partial charge < -0.3 is 4.90 Å². The fourth-order valence-corrected chi connectivity index (χ4v) is 5.36. The van der Waals surface area contributed by atoms with Crippen LogP contribution < -0.4 is 9.47 Å².